The van der Waals surface area contributed by atoms with Crippen LogP contribution in [0.5, 0.6) is 0 Å². The van der Waals surface area contributed by atoms with Gasteiger partial charge in [0.25, 0.3) is 0 Å². The predicted octanol–water partition coefficient (Wildman–Crippen LogP) is 2.30. The van der Waals surface area contributed by atoms with E-state index in [0.29, 0.717) is 18.2 Å². The second kappa shape index (κ2) is 6.67. The summed E-state index contributed by atoms with van der Waals surface area (Å²) >= 11 is 11.5. The summed E-state index contributed by atoms with van der Waals surface area (Å²) in [5.74, 6) is 0.643. The molecular formula is C11H19Cl2NO2. The summed E-state index contributed by atoms with van der Waals surface area (Å²) in [4.78, 5) is 11.6. The molecule has 0 aromatic carbocycles. The van der Waals surface area contributed by atoms with Crippen LogP contribution in [0.1, 0.15) is 32.6 Å². The Hall–Kier alpha value is 0.01000. The quantitative estimate of drug-likeness (QED) is 0.751. The van der Waals surface area contributed by atoms with Crippen LogP contribution in [0.2, 0.25) is 0 Å². The number of carbonyl (C=O) groups excluding carboxylic acids is 1. The number of hydrogen-bond donors (Lipinski definition) is 1. The normalized spacial score (nSPS) is 21.1. The molecule has 1 N–H and O–H groups in total. The molecule has 94 valence electrons. The topological polar surface area (TPSA) is 38.3 Å². The van der Waals surface area contributed by atoms with E-state index in [0.717, 1.165) is 25.9 Å². The molecule has 1 aliphatic rings. The van der Waals surface area contributed by atoms with Crippen molar-refractivity contribution >= 4 is 29.1 Å². The van der Waals surface area contributed by atoms with Gasteiger partial charge in [-0.05, 0) is 26.2 Å². The molecule has 0 saturated carbocycles. The number of alkyl halides is 2. The van der Waals surface area contributed by atoms with Crippen molar-refractivity contribution in [3.8, 4) is 0 Å². The van der Waals surface area contributed by atoms with Crippen molar-refractivity contribution in [2.75, 3.05) is 18.4 Å². The van der Waals surface area contributed by atoms with Gasteiger partial charge in [0, 0.05) is 24.8 Å². The molecule has 0 spiro atoms. The van der Waals surface area contributed by atoms with Gasteiger partial charge in [0.2, 0.25) is 5.91 Å². The Kier molecular flexibility index (Phi) is 5.87. The number of rotatable bonds is 6. The lowest BCUT2D eigenvalue weighted by molar-refractivity contribution is -0.123. The summed E-state index contributed by atoms with van der Waals surface area (Å²) in [6.07, 6.45) is 3.69. The molecule has 16 heavy (non-hydrogen) atoms. The Bertz CT molecular complexity index is 226. The molecule has 0 aliphatic carbocycles. The maximum absolute atomic E-state index is 11.6. The van der Waals surface area contributed by atoms with E-state index < -0.39 is 5.54 Å². The molecule has 1 saturated heterocycles. The maximum atomic E-state index is 11.6. The third-order valence-corrected chi connectivity index (χ3v) is 3.93. The fourth-order valence-electron chi connectivity index (χ4n) is 1.67. The van der Waals surface area contributed by atoms with Crippen LogP contribution < -0.4 is 5.32 Å². The molecule has 0 radical (unpaired) electrons. The number of nitrogens with one attached hydrogen (secondary N) is 1. The second-order valence-electron chi connectivity index (χ2n) is 4.55. The van der Waals surface area contributed by atoms with E-state index in [1.165, 1.54) is 0 Å². The summed E-state index contributed by atoms with van der Waals surface area (Å²) in [5.41, 5.74) is -0.503. The van der Waals surface area contributed by atoms with Crippen molar-refractivity contribution in [3.63, 3.8) is 0 Å². The Morgan fingerprint density at radius 1 is 1.50 bits per heavy atom. The average molecular weight is 268 g/mol. The van der Waals surface area contributed by atoms with Crippen LogP contribution in [0, 0.1) is 0 Å². The van der Waals surface area contributed by atoms with E-state index >= 15 is 0 Å². The van der Waals surface area contributed by atoms with Gasteiger partial charge in [0.1, 0.15) is 0 Å². The minimum absolute atomic E-state index is 0.000648. The highest BCUT2D eigenvalue weighted by atomic mass is 35.5. The van der Waals surface area contributed by atoms with Crippen LogP contribution in [0.25, 0.3) is 0 Å². The van der Waals surface area contributed by atoms with Crippen LogP contribution in [-0.2, 0) is 9.53 Å². The van der Waals surface area contributed by atoms with Gasteiger partial charge in [-0.15, -0.1) is 23.2 Å². The molecular weight excluding hydrogens is 249 g/mol. The Labute approximate surface area is 107 Å². The van der Waals surface area contributed by atoms with Crippen LogP contribution in [-0.4, -0.2) is 35.9 Å². The SMILES string of the molecule is CC(CCl)(CCl)NC(=O)CCC1CCCO1. The highest BCUT2D eigenvalue weighted by Gasteiger charge is 2.25. The van der Waals surface area contributed by atoms with Gasteiger partial charge < -0.3 is 10.1 Å². The Balaban J connectivity index is 2.24. The third-order valence-electron chi connectivity index (χ3n) is 2.75. The highest BCUT2D eigenvalue weighted by Crippen LogP contribution is 2.17. The first-order valence-corrected chi connectivity index (χ1v) is 6.71. The van der Waals surface area contributed by atoms with Crippen LogP contribution >= 0.6 is 23.2 Å². The molecule has 0 aromatic rings. The zero-order valence-electron chi connectivity index (χ0n) is 9.60. The standard InChI is InChI=1S/C11H19Cl2NO2/c1-11(7-12,8-13)14-10(15)5-4-9-3-2-6-16-9/h9H,2-8H2,1H3,(H,14,15). The van der Waals surface area contributed by atoms with Gasteiger partial charge in [-0.2, -0.15) is 0 Å². The molecule has 1 amide bonds. The van der Waals surface area contributed by atoms with Crippen molar-refractivity contribution in [1.29, 1.82) is 0 Å². The maximum Gasteiger partial charge on any atom is 0.220 e. The van der Waals surface area contributed by atoms with E-state index in [-0.39, 0.29) is 12.0 Å². The lowest BCUT2D eigenvalue weighted by atomic mass is 10.1. The number of carbonyl (C=O) groups is 1. The van der Waals surface area contributed by atoms with E-state index in [9.17, 15) is 4.79 Å². The van der Waals surface area contributed by atoms with Crippen LogP contribution in [0.4, 0.5) is 0 Å². The van der Waals surface area contributed by atoms with Gasteiger partial charge in [0.05, 0.1) is 11.6 Å². The molecule has 0 aromatic heterocycles. The Morgan fingerprint density at radius 2 is 2.19 bits per heavy atom. The summed E-state index contributed by atoms with van der Waals surface area (Å²) in [6.45, 7) is 2.67. The molecule has 1 heterocycles. The summed E-state index contributed by atoms with van der Waals surface area (Å²) < 4.78 is 5.45. The molecule has 1 unspecified atom stereocenters. The smallest absolute Gasteiger partial charge is 0.220 e. The summed E-state index contributed by atoms with van der Waals surface area (Å²) in [7, 11) is 0. The fourth-order valence-corrected chi connectivity index (χ4v) is 2.09. The van der Waals surface area contributed by atoms with Crippen LogP contribution in [0.15, 0.2) is 0 Å². The van der Waals surface area contributed by atoms with Gasteiger partial charge in [-0.1, -0.05) is 0 Å². The molecule has 1 atom stereocenters. The first kappa shape index (κ1) is 14.1. The van der Waals surface area contributed by atoms with Crippen LogP contribution in [0.3, 0.4) is 0 Å². The minimum atomic E-state index is -0.503. The van der Waals surface area contributed by atoms with Crippen molar-refractivity contribution in [1.82, 2.24) is 5.32 Å². The molecule has 3 nitrogen and oxygen atoms in total. The van der Waals surface area contributed by atoms with E-state index in [1.807, 2.05) is 6.92 Å². The van der Waals surface area contributed by atoms with E-state index in [2.05, 4.69) is 5.32 Å². The van der Waals surface area contributed by atoms with E-state index in [4.69, 9.17) is 27.9 Å². The average Bonchev–Trinajstić information content (AvgIpc) is 2.79. The van der Waals surface area contributed by atoms with Gasteiger partial charge in [-0.3, -0.25) is 4.79 Å². The largest absolute Gasteiger partial charge is 0.378 e. The molecule has 0 bridgehead atoms. The molecule has 1 fully saturated rings. The first-order chi connectivity index (χ1) is 7.59. The zero-order valence-corrected chi connectivity index (χ0v) is 11.1. The van der Waals surface area contributed by atoms with E-state index in [1.54, 1.807) is 0 Å². The zero-order chi connectivity index (χ0) is 12.0. The van der Waals surface area contributed by atoms with Crippen molar-refractivity contribution in [2.24, 2.45) is 0 Å². The minimum Gasteiger partial charge on any atom is -0.378 e. The van der Waals surface area contributed by atoms with Crippen molar-refractivity contribution < 1.29 is 9.53 Å². The third kappa shape index (κ3) is 4.48. The predicted molar refractivity (Wildman–Crippen MR) is 66.2 cm³/mol. The summed E-state index contributed by atoms with van der Waals surface area (Å²) in [6, 6.07) is 0. The number of hydrogen-bond acceptors (Lipinski definition) is 2. The second-order valence-corrected chi connectivity index (χ2v) is 5.08. The van der Waals surface area contributed by atoms with Crippen molar-refractivity contribution in [3.05, 3.63) is 0 Å². The lowest BCUT2D eigenvalue weighted by Crippen LogP contribution is -2.49. The molecule has 1 rings (SSSR count). The number of halogens is 2. The van der Waals surface area contributed by atoms with Gasteiger partial charge in [0.15, 0.2) is 0 Å². The molecule has 5 heteroatoms. The summed E-state index contributed by atoms with van der Waals surface area (Å²) in [5, 5.41) is 2.86. The number of amides is 1. The lowest BCUT2D eigenvalue weighted by Gasteiger charge is -2.26. The first-order valence-electron chi connectivity index (χ1n) is 5.64. The fraction of sp³-hybridized carbons (Fsp3) is 0.909. The number of ether oxygens (including phenoxy) is 1. The van der Waals surface area contributed by atoms with Gasteiger partial charge in [-0.25, -0.2) is 0 Å². The monoisotopic (exact) mass is 267 g/mol. The highest BCUT2D eigenvalue weighted by molar-refractivity contribution is 6.22. The van der Waals surface area contributed by atoms with Gasteiger partial charge >= 0.3 is 0 Å². The molecule has 1 aliphatic heterocycles. The van der Waals surface area contributed by atoms with Crippen molar-refractivity contribution in [2.45, 2.75) is 44.2 Å². The Morgan fingerprint density at radius 3 is 2.69 bits per heavy atom.